The molecule has 1 atom stereocenters. The largest absolute Gasteiger partial charge is 0.491 e. The van der Waals surface area contributed by atoms with Crippen molar-refractivity contribution < 1.29 is 14.6 Å². The first-order chi connectivity index (χ1) is 9.10. The van der Waals surface area contributed by atoms with Crippen molar-refractivity contribution in [1.82, 2.24) is 0 Å². The van der Waals surface area contributed by atoms with Crippen LogP contribution in [-0.2, 0) is 11.2 Å². The van der Waals surface area contributed by atoms with Gasteiger partial charge in [0, 0.05) is 18.7 Å². The van der Waals surface area contributed by atoms with E-state index >= 15 is 0 Å². The third-order valence-corrected chi connectivity index (χ3v) is 2.75. The van der Waals surface area contributed by atoms with E-state index in [1.807, 2.05) is 19.9 Å². The molecule has 1 rings (SSSR count). The van der Waals surface area contributed by atoms with Crippen molar-refractivity contribution in [2.45, 2.75) is 32.8 Å². The molecule has 0 heterocycles. The third kappa shape index (κ3) is 4.89. The minimum absolute atomic E-state index is 0.0192. The van der Waals surface area contributed by atoms with Crippen molar-refractivity contribution in [3.63, 3.8) is 0 Å². The molecule has 0 radical (unpaired) electrons. The molecule has 0 saturated heterocycles. The Morgan fingerprint density at radius 2 is 2.21 bits per heavy atom. The number of carbonyl (C=O) groups excluding carboxylic acids is 1. The number of aliphatic hydroxyl groups is 1. The Kier molecular flexibility index (Phi) is 6.32. The standard InChI is InChI=1S/C14H22N2O3/c1-3-10-7-11(16-14(18)4-2)5-6-13(10)19-9-12(17)8-15/h5-7,12,17H,3-4,8-9,15H2,1-2H3,(H,16,18). The normalized spacial score (nSPS) is 12.0. The van der Waals surface area contributed by atoms with Gasteiger partial charge < -0.3 is 20.9 Å². The molecule has 5 nitrogen and oxygen atoms in total. The van der Waals surface area contributed by atoms with Crippen molar-refractivity contribution in [2.24, 2.45) is 5.73 Å². The summed E-state index contributed by atoms with van der Waals surface area (Å²) >= 11 is 0. The van der Waals surface area contributed by atoms with Crippen LogP contribution in [0.15, 0.2) is 18.2 Å². The van der Waals surface area contributed by atoms with E-state index in [2.05, 4.69) is 5.32 Å². The van der Waals surface area contributed by atoms with Crippen LogP contribution >= 0.6 is 0 Å². The van der Waals surface area contributed by atoms with Crippen LogP contribution in [0.25, 0.3) is 0 Å². The topological polar surface area (TPSA) is 84.6 Å². The zero-order valence-electron chi connectivity index (χ0n) is 11.5. The Balaban J connectivity index is 2.75. The highest BCUT2D eigenvalue weighted by atomic mass is 16.5. The number of aryl methyl sites for hydroxylation is 1. The van der Waals surface area contributed by atoms with E-state index in [1.54, 1.807) is 12.1 Å². The van der Waals surface area contributed by atoms with Crippen LogP contribution in [0.2, 0.25) is 0 Å². The highest BCUT2D eigenvalue weighted by Crippen LogP contribution is 2.23. The number of aliphatic hydroxyl groups excluding tert-OH is 1. The SMILES string of the molecule is CCC(=O)Nc1ccc(OCC(O)CN)c(CC)c1. The second kappa shape index (κ2) is 7.76. The van der Waals surface area contributed by atoms with E-state index in [0.717, 1.165) is 17.7 Å². The number of anilines is 1. The summed E-state index contributed by atoms with van der Waals surface area (Å²) in [7, 11) is 0. The fourth-order valence-electron chi connectivity index (χ4n) is 1.58. The van der Waals surface area contributed by atoms with Crippen molar-refractivity contribution in [3.8, 4) is 5.75 Å². The van der Waals surface area contributed by atoms with E-state index in [9.17, 15) is 9.90 Å². The predicted molar refractivity (Wildman–Crippen MR) is 75.3 cm³/mol. The average molecular weight is 266 g/mol. The molecule has 106 valence electrons. The summed E-state index contributed by atoms with van der Waals surface area (Å²) in [6, 6.07) is 5.47. The van der Waals surface area contributed by atoms with Gasteiger partial charge in [-0.3, -0.25) is 4.79 Å². The molecule has 19 heavy (non-hydrogen) atoms. The Morgan fingerprint density at radius 3 is 2.79 bits per heavy atom. The summed E-state index contributed by atoms with van der Waals surface area (Å²) in [6.07, 6.45) is 0.566. The smallest absolute Gasteiger partial charge is 0.224 e. The Hall–Kier alpha value is -1.59. The molecule has 0 bridgehead atoms. The van der Waals surface area contributed by atoms with Crippen molar-refractivity contribution in [1.29, 1.82) is 0 Å². The summed E-state index contributed by atoms with van der Waals surface area (Å²) in [5.41, 5.74) is 7.07. The number of nitrogens with two attached hydrogens (primary N) is 1. The number of ether oxygens (including phenoxy) is 1. The number of hydrogen-bond acceptors (Lipinski definition) is 4. The fraction of sp³-hybridized carbons (Fsp3) is 0.500. The first kappa shape index (κ1) is 15.5. The molecule has 0 fully saturated rings. The van der Waals surface area contributed by atoms with Gasteiger partial charge in [0.1, 0.15) is 18.5 Å². The molecule has 0 aliphatic rings. The first-order valence-corrected chi connectivity index (χ1v) is 6.54. The van der Waals surface area contributed by atoms with Crippen molar-refractivity contribution >= 4 is 11.6 Å². The minimum Gasteiger partial charge on any atom is -0.491 e. The number of hydrogen-bond donors (Lipinski definition) is 3. The van der Waals surface area contributed by atoms with Crippen LogP contribution in [0, 0.1) is 0 Å². The lowest BCUT2D eigenvalue weighted by molar-refractivity contribution is -0.115. The highest BCUT2D eigenvalue weighted by Gasteiger charge is 2.08. The first-order valence-electron chi connectivity index (χ1n) is 6.54. The molecule has 0 saturated carbocycles. The van der Waals surface area contributed by atoms with E-state index in [-0.39, 0.29) is 19.1 Å². The van der Waals surface area contributed by atoms with Gasteiger partial charge in [-0.25, -0.2) is 0 Å². The van der Waals surface area contributed by atoms with Gasteiger partial charge in [0.25, 0.3) is 0 Å². The van der Waals surface area contributed by atoms with Gasteiger partial charge in [-0.15, -0.1) is 0 Å². The van der Waals surface area contributed by atoms with Crippen LogP contribution in [0.5, 0.6) is 5.75 Å². The lowest BCUT2D eigenvalue weighted by Gasteiger charge is -2.14. The summed E-state index contributed by atoms with van der Waals surface area (Å²) in [4.78, 5) is 11.3. The van der Waals surface area contributed by atoms with E-state index in [1.165, 1.54) is 0 Å². The molecular formula is C14H22N2O3. The summed E-state index contributed by atoms with van der Waals surface area (Å²) in [5, 5.41) is 12.2. The maximum absolute atomic E-state index is 11.3. The second-order valence-electron chi connectivity index (χ2n) is 4.28. The predicted octanol–water partition coefficient (Wildman–Crippen LogP) is 1.30. The number of nitrogens with one attached hydrogen (secondary N) is 1. The van der Waals surface area contributed by atoms with E-state index in [0.29, 0.717) is 12.2 Å². The van der Waals surface area contributed by atoms with Crippen LogP contribution in [0.1, 0.15) is 25.8 Å². The van der Waals surface area contributed by atoms with Crippen LogP contribution in [0.4, 0.5) is 5.69 Å². The summed E-state index contributed by atoms with van der Waals surface area (Å²) in [5.74, 6) is 0.693. The maximum atomic E-state index is 11.3. The van der Waals surface area contributed by atoms with Gasteiger partial charge >= 0.3 is 0 Å². The van der Waals surface area contributed by atoms with Crippen LogP contribution in [0.3, 0.4) is 0 Å². The molecule has 1 aromatic carbocycles. The van der Waals surface area contributed by atoms with Gasteiger partial charge in [0.05, 0.1) is 0 Å². The fourth-order valence-corrected chi connectivity index (χ4v) is 1.58. The number of amides is 1. The number of rotatable bonds is 7. The van der Waals surface area contributed by atoms with Gasteiger partial charge in [-0.2, -0.15) is 0 Å². The average Bonchev–Trinajstić information content (AvgIpc) is 2.44. The summed E-state index contributed by atoms with van der Waals surface area (Å²) in [6.45, 7) is 4.16. The van der Waals surface area contributed by atoms with Crippen molar-refractivity contribution in [2.75, 3.05) is 18.5 Å². The monoisotopic (exact) mass is 266 g/mol. The molecule has 0 aromatic heterocycles. The van der Waals surface area contributed by atoms with E-state index < -0.39 is 6.10 Å². The molecular weight excluding hydrogens is 244 g/mol. The maximum Gasteiger partial charge on any atom is 0.224 e. The van der Waals surface area contributed by atoms with Crippen LogP contribution in [-0.4, -0.2) is 30.3 Å². The minimum atomic E-state index is -0.663. The number of benzene rings is 1. The lowest BCUT2D eigenvalue weighted by Crippen LogP contribution is -2.26. The molecule has 0 aliphatic heterocycles. The molecule has 1 amide bonds. The summed E-state index contributed by atoms with van der Waals surface area (Å²) < 4.78 is 5.52. The van der Waals surface area contributed by atoms with Gasteiger partial charge in [0.2, 0.25) is 5.91 Å². The number of carbonyl (C=O) groups is 1. The van der Waals surface area contributed by atoms with Crippen LogP contribution < -0.4 is 15.8 Å². The molecule has 1 unspecified atom stereocenters. The van der Waals surface area contributed by atoms with Gasteiger partial charge in [-0.1, -0.05) is 13.8 Å². The van der Waals surface area contributed by atoms with Crippen molar-refractivity contribution in [3.05, 3.63) is 23.8 Å². The zero-order chi connectivity index (χ0) is 14.3. The quantitative estimate of drug-likeness (QED) is 0.694. The van der Waals surface area contributed by atoms with Gasteiger partial charge in [-0.05, 0) is 30.2 Å². The lowest BCUT2D eigenvalue weighted by atomic mass is 10.1. The third-order valence-electron chi connectivity index (χ3n) is 2.75. The van der Waals surface area contributed by atoms with Gasteiger partial charge in [0.15, 0.2) is 0 Å². The molecule has 0 spiro atoms. The Morgan fingerprint density at radius 1 is 1.47 bits per heavy atom. The zero-order valence-corrected chi connectivity index (χ0v) is 11.5. The molecule has 0 aliphatic carbocycles. The molecule has 4 N–H and O–H groups in total. The molecule has 5 heteroatoms. The second-order valence-corrected chi connectivity index (χ2v) is 4.28. The Bertz CT molecular complexity index is 421. The highest BCUT2D eigenvalue weighted by molar-refractivity contribution is 5.90. The Labute approximate surface area is 113 Å². The molecule has 1 aromatic rings. The van der Waals surface area contributed by atoms with E-state index in [4.69, 9.17) is 10.5 Å².